The number of guanidine groups is 1. The minimum atomic E-state index is 0.595. The van der Waals surface area contributed by atoms with E-state index in [2.05, 4.69) is 33.6 Å². The van der Waals surface area contributed by atoms with Gasteiger partial charge in [0.1, 0.15) is 5.75 Å². The van der Waals surface area contributed by atoms with Gasteiger partial charge in [0.05, 0.1) is 30.4 Å². The number of nitrogens with zero attached hydrogens (tertiary/aromatic N) is 3. The van der Waals surface area contributed by atoms with Gasteiger partial charge in [0, 0.05) is 39.1 Å². The average Bonchev–Trinajstić information content (AvgIpc) is 3.07. The third-order valence-electron chi connectivity index (χ3n) is 3.83. The Labute approximate surface area is 166 Å². The number of nitrogens with one attached hydrogen (secondary N) is 1. The maximum absolute atomic E-state index is 5.77. The van der Waals surface area contributed by atoms with Gasteiger partial charge in [0.2, 0.25) is 0 Å². The van der Waals surface area contributed by atoms with E-state index in [1.165, 1.54) is 0 Å². The highest BCUT2D eigenvalue weighted by Crippen LogP contribution is 2.15. The van der Waals surface area contributed by atoms with Crippen LogP contribution in [0.5, 0.6) is 5.75 Å². The van der Waals surface area contributed by atoms with Gasteiger partial charge in [-0.2, -0.15) is 0 Å². The summed E-state index contributed by atoms with van der Waals surface area (Å²) in [4.78, 5) is 11.4. The zero-order valence-corrected chi connectivity index (χ0v) is 17.5. The number of hydrogen-bond acceptors (Lipinski definition) is 5. The Hall–Kier alpha value is -2.12. The van der Waals surface area contributed by atoms with Crippen LogP contribution < -0.4 is 10.1 Å². The summed E-state index contributed by atoms with van der Waals surface area (Å²) in [7, 11) is 3.73. The molecule has 0 radical (unpaired) electrons. The highest BCUT2D eigenvalue weighted by molar-refractivity contribution is 7.09. The molecule has 1 heterocycles. The molecular formula is C20H30N4O2S. The lowest BCUT2D eigenvalue weighted by molar-refractivity contribution is 0.172. The fraction of sp³-hybridized carbons (Fsp3) is 0.500. The summed E-state index contributed by atoms with van der Waals surface area (Å²) in [5.74, 6) is 1.74. The van der Waals surface area contributed by atoms with Crippen molar-refractivity contribution < 1.29 is 9.47 Å². The summed E-state index contributed by atoms with van der Waals surface area (Å²) in [5.41, 5.74) is 2.18. The van der Waals surface area contributed by atoms with Gasteiger partial charge >= 0.3 is 0 Å². The van der Waals surface area contributed by atoms with E-state index >= 15 is 0 Å². The summed E-state index contributed by atoms with van der Waals surface area (Å²) < 4.78 is 10.8. The van der Waals surface area contributed by atoms with E-state index in [1.807, 2.05) is 32.2 Å². The fourth-order valence-corrected chi connectivity index (χ4v) is 3.17. The van der Waals surface area contributed by atoms with Crippen LogP contribution in [0.1, 0.15) is 29.6 Å². The largest absolute Gasteiger partial charge is 0.493 e. The smallest absolute Gasteiger partial charge is 0.194 e. The normalized spacial score (nSPS) is 11.5. The number of aryl methyl sites for hydroxylation is 1. The van der Waals surface area contributed by atoms with Gasteiger partial charge in [-0.15, -0.1) is 11.3 Å². The molecule has 0 unspecified atom stereocenters. The molecule has 0 atom stereocenters. The number of thiazole rings is 1. The summed E-state index contributed by atoms with van der Waals surface area (Å²) in [6, 6.07) is 8.09. The lowest BCUT2D eigenvalue weighted by Crippen LogP contribution is -2.38. The number of aliphatic imine (C=N–C) groups is 1. The van der Waals surface area contributed by atoms with Gasteiger partial charge in [-0.3, -0.25) is 0 Å². The third-order valence-corrected chi connectivity index (χ3v) is 4.66. The molecule has 6 nitrogen and oxygen atoms in total. The number of rotatable bonds is 10. The Morgan fingerprint density at radius 1 is 1.33 bits per heavy atom. The second-order valence-corrected chi connectivity index (χ2v) is 7.29. The zero-order valence-electron chi connectivity index (χ0n) is 16.7. The first-order valence-corrected chi connectivity index (χ1v) is 10.1. The van der Waals surface area contributed by atoms with Crippen molar-refractivity contribution in [3.05, 3.63) is 45.9 Å². The molecule has 0 spiro atoms. The van der Waals surface area contributed by atoms with Gasteiger partial charge in [0.25, 0.3) is 0 Å². The molecule has 0 aliphatic heterocycles. The third kappa shape index (κ3) is 7.56. The van der Waals surface area contributed by atoms with Gasteiger partial charge < -0.3 is 19.7 Å². The van der Waals surface area contributed by atoms with E-state index in [4.69, 9.17) is 14.5 Å². The number of ether oxygens (including phenoxy) is 2. The maximum atomic E-state index is 5.77. The number of methoxy groups -OCH3 is 1. The zero-order chi connectivity index (χ0) is 19.5. The predicted octanol–water partition coefficient (Wildman–Crippen LogP) is 3.46. The number of benzene rings is 1. The maximum Gasteiger partial charge on any atom is 0.194 e. The van der Waals surface area contributed by atoms with Crippen molar-refractivity contribution in [2.45, 2.75) is 33.4 Å². The van der Waals surface area contributed by atoms with Crippen molar-refractivity contribution >= 4 is 17.3 Å². The average molecular weight is 391 g/mol. The molecule has 1 N–H and O–H groups in total. The van der Waals surface area contributed by atoms with E-state index in [9.17, 15) is 0 Å². The van der Waals surface area contributed by atoms with Crippen LogP contribution in [0.4, 0.5) is 0 Å². The van der Waals surface area contributed by atoms with Crippen molar-refractivity contribution in [3.63, 3.8) is 0 Å². The van der Waals surface area contributed by atoms with E-state index in [-0.39, 0.29) is 0 Å². The van der Waals surface area contributed by atoms with Gasteiger partial charge in [-0.25, -0.2) is 9.98 Å². The van der Waals surface area contributed by atoms with Crippen LogP contribution in [0.3, 0.4) is 0 Å². The van der Waals surface area contributed by atoms with Crippen LogP contribution in [0.15, 0.2) is 34.6 Å². The number of hydrogen-bond donors (Lipinski definition) is 1. The van der Waals surface area contributed by atoms with Gasteiger partial charge in [-0.05, 0) is 31.5 Å². The number of aromatic nitrogens is 1. The van der Waals surface area contributed by atoms with Crippen molar-refractivity contribution in [1.29, 1.82) is 0 Å². The molecular weight excluding hydrogens is 360 g/mol. The lowest BCUT2D eigenvalue weighted by atomic mass is 10.2. The first-order chi connectivity index (χ1) is 13.1. The highest BCUT2D eigenvalue weighted by Gasteiger charge is 2.08. The molecule has 0 aliphatic carbocycles. The van der Waals surface area contributed by atoms with Gasteiger partial charge in [-0.1, -0.05) is 12.1 Å². The minimum absolute atomic E-state index is 0.595. The lowest BCUT2D eigenvalue weighted by Gasteiger charge is -2.21. The Morgan fingerprint density at radius 2 is 2.19 bits per heavy atom. The predicted molar refractivity (Wildman–Crippen MR) is 112 cm³/mol. The molecule has 0 fully saturated rings. The molecule has 0 amide bonds. The summed E-state index contributed by atoms with van der Waals surface area (Å²) in [5, 5.41) is 6.53. The SMILES string of the molecule is CCNC(=NCc1cccc(OCCCOC)c1)N(C)Cc1csc(C)n1. The first-order valence-electron chi connectivity index (χ1n) is 9.23. The molecule has 1 aromatic carbocycles. The molecule has 0 aliphatic rings. The summed E-state index contributed by atoms with van der Waals surface area (Å²) in [6.07, 6.45) is 0.879. The minimum Gasteiger partial charge on any atom is -0.493 e. The van der Waals surface area contributed by atoms with Crippen LogP contribution in [0.25, 0.3) is 0 Å². The molecule has 2 rings (SSSR count). The van der Waals surface area contributed by atoms with E-state index in [0.29, 0.717) is 19.8 Å². The standard InChI is InChI=1S/C20H30N4O2S/c1-5-21-20(24(3)14-18-15-27-16(2)23-18)22-13-17-8-6-9-19(12-17)26-11-7-10-25-4/h6,8-9,12,15H,5,7,10-11,13-14H2,1-4H3,(H,21,22). The molecule has 7 heteroatoms. The van der Waals surface area contributed by atoms with Crippen molar-refractivity contribution in [1.82, 2.24) is 15.2 Å². The first kappa shape index (κ1) is 21.2. The molecule has 148 valence electrons. The second-order valence-electron chi connectivity index (χ2n) is 6.23. The fourth-order valence-electron chi connectivity index (χ4n) is 2.56. The van der Waals surface area contributed by atoms with Crippen LogP contribution in [0, 0.1) is 6.92 Å². The molecule has 0 bridgehead atoms. The monoisotopic (exact) mass is 390 g/mol. The molecule has 2 aromatic rings. The Balaban J connectivity index is 1.96. The molecule has 27 heavy (non-hydrogen) atoms. The Bertz CT molecular complexity index is 718. The van der Waals surface area contributed by atoms with E-state index in [1.54, 1.807) is 18.4 Å². The Kier molecular flexibility index (Phi) is 9.07. The van der Waals surface area contributed by atoms with Crippen molar-refractivity contribution in [3.8, 4) is 5.75 Å². The summed E-state index contributed by atoms with van der Waals surface area (Å²) >= 11 is 1.67. The highest BCUT2D eigenvalue weighted by atomic mass is 32.1. The van der Waals surface area contributed by atoms with E-state index < -0.39 is 0 Å². The quantitative estimate of drug-likeness (QED) is 0.382. The topological polar surface area (TPSA) is 59.0 Å². The van der Waals surface area contributed by atoms with Crippen LogP contribution in [-0.2, 0) is 17.8 Å². The molecule has 0 saturated heterocycles. The van der Waals surface area contributed by atoms with Crippen LogP contribution in [0.2, 0.25) is 0 Å². The van der Waals surface area contributed by atoms with Crippen LogP contribution >= 0.6 is 11.3 Å². The molecule has 0 saturated carbocycles. The Morgan fingerprint density at radius 3 is 2.89 bits per heavy atom. The second kappa shape index (κ2) is 11.6. The molecule has 1 aromatic heterocycles. The summed E-state index contributed by atoms with van der Waals surface area (Å²) in [6.45, 7) is 7.61. The van der Waals surface area contributed by atoms with Gasteiger partial charge in [0.15, 0.2) is 5.96 Å². The van der Waals surface area contributed by atoms with Crippen molar-refractivity contribution in [2.24, 2.45) is 4.99 Å². The van der Waals surface area contributed by atoms with Crippen molar-refractivity contribution in [2.75, 3.05) is 33.9 Å². The van der Waals surface area contributed by atoms with E-state index in [0.717, 1.165) is 47.5 Å². The van der Waals surface area contributed by atoms with Crippen LogP contribution in [-0.4, -0.2) is 49.8 Å².